The number of nitrogens with zero attached hydrogens (tertiary/aromatic N) is 3. The molecule has 0 saturated carbocycles. The molecule has 2 heterocycles. The van der Waals surface area contributed by atoms with E-state index in [1.54, 1.807) is 0 Å². The average molecular weight is 287 g/mol. The lowest BCUT2D eigenvalue weighted by Crippen LogP contribution is -2.28. The Balaban J connectivity index is 1.70. The first-order valence-electron chi connectivity index (χ1n) is 6.96. The predicted molar refractivity (Wildman–Crippen MR) is 74.7 cm³/mol. The minimum atomic E-state index is -0.258. The number of hydrogen-bond donors (Lipinski definition) is 1. The van der Waals surface area contributed by atoms with Gasteiger partial charge in [0.05, 0.1) is 0 Å². The topological polar surface area (TPSA) is 79.5 Å². The first-order chi connectivity index (χ1) is 10.2. The molecule has 1 aliphatic rings. The van der Waals surface area contributed by atoms with E-state index < -0.39 is 0 Å². The van der Waals surface area contributed by atoms with Gasteiger partial charge < -0.3 is 14.5 Å². The van der Waals surface area contributed by atoms with Crippen molar-refractivity contribution in [3.8, 4) is 0 Å². The minimum Gasteiger partial charge on any atom is -0.387 e. The molecule has 1 N–H and O–H groups in total. The average Bonchev–Trinajstić information content (AvgIpc) is 3.15. The number of aliphatic hydroxyl groups excluding tert-OH is 1. The van der Waals surface area contributed by atoms with Crippen LogP contribution < -0.4 is 0 Å². The van der Waals surface area contributed by atoms with Crippen molar-refractivity contribution in [3.05, 3.63) is 47.1 Å². The molecule has 0 radical (unpaired) electrons. The van der Waals surface area contributed by atoms with E-state index in [4.69, 9.17) is 9.63 Å². The fourth-order valence-corrected chi connectivity index (χ4v) is 2.61. The number of benzene rings is 1. The van der Waals surface area contributed by atoms with Gasteiger partial charge in [0, 0.05) is 24.6 Å². The van der Waals surface area contributed by atoms with Crippen molar-refractivity contribution < 1.29 is 14.4 Å². The Bertz CT molecular complexity index is 653. The molecule has 21 heavy (non-hydrogen) atoms. The number of rotatable bonds is 3. The van der Waals surface area contributed by atoms with Gasteiger partial charge in [0.25, 0.3) is 11.8 Å². The van der Waals surface area contributed by atoms with Gasteiger partial charge in [0.2, 0.25) is 0 Å². The molecule has 0 spiro atoms. The van der Waals surface area contributed by atoms with E-state index in [0.29, 0.717) is 24.5 Å². The highest BCUT2D eigenvalue weighted by Crippen LogP contribution is 2.26. The van der Waals surface area contributed by atoms with Crippen molar-refractivity contribution in [2.75, 3.05) is 13.1 Å². The lowest BCUT2D eigenvalue weighted by Gasteiger charge is -2.16. The monoisotopic (exact) mass is 287 g/mol. The van der Waals surface area contributed by atoms with Crippen LogP contribution in [0.25, 0.3) is 0 Å². The summed E-state index contributed by atoms with van der Waals surface area (Å²) >= 11 is 0. The van der Waals surface area contributed by atoms with Crippen LogP contribution in [0, 0.1) is 6.92 Å². The molecule has 1 saturated heterocycles. The molecule has 6 nitrogen and oxygen atoms in total. The van der Waals surface area contributed by atoms with E-state index in [9.17, 15) is 4.79 Å². The number of aliphatic hydroxyl groups is 1. The summed E-state index contributed by atoms with van der Waals surface area (Å²) in [5.41, 5.74) is 1.78. The number of aryl methyl sites for hydroxylation is 1. The van der Waals surface area contributed by atoms with Crippen molar-refractivity contribution >= 4 is 5.91 Å². The van der Waals surface area contributed by atoms with Gasteiger partial charge in [-0.3, -0.25) is 4.79 Å². The maximum atomic E-state index is 12.5. The number of likely N-dealkylation sites (tertiary alicyclic amines) is 1. The van der Waals surface area contributed by atoms with Crippen LogP contribution in [0.4, 0.5) is 0 Å². The summed E-state index contributed by atoms with van der Waals surface area (Å²) in [7, 11) is 0. The summed E-state index contributed by atoms with van der Waals surface area (Å²) in [5.74, 6) is 0.891. The molecule has 6 heteroatoms. The fourth-order valence-electron chi connectivity index (χ4n) is 2.61. The second-order valence-electron chi connectivity index (χ2n) is 5.31. The van der Waals surface area contributed by atoms with Crippen molar-refractivity contribution in [1.82, 2.24) is 15.0 Å². The van der Waals surface area contributed by atoms with Gasteiger partial charge in [-0.1, -0.05) is 22.9 Å². The highest BCUT2D eigenvalue weighted by Gasteiger charge is 2.30. The van der Waals surface area contributed by atoms with Gasteiger partial charge in [-0.25, -0.2) is 0 Å². The third-order valence-electron chi connectivity index (χ3n) is 3.72. The second-order valence-corrected chi connectivity index (χ2v) is 5.31. The van der Waals surface area contributed by atoms with Crippen molar-refractivity contribution in [2.45, 2.75) is 25.9 Å². The standard InChI is InChI=1S/C15H17N3O3/c1-10-3-2-4-11(7-10)15(20)18-6-5-12(8-18)14-16-13(9-19)21-17-14/h2-4,7,12,19H,5-6,8-9H2,1H3. The third kappa shape index (κ3) is 2.80. The molecule has 0 aliphatic carbocycles. The van der Waals surface area contributed by atoms with Crippen LogP contribution in [0.5, 0.6) is 0 Å². The van der Waals surface area contributed by atoms with E-state index in [1.807, 2.05) is 36.1 Å². The highest BCUT2D eigenvalue weighted by atomic mass is 16.5. The zero-order valence-electron chi connectivity index (χ0n) is 11.8. The third-order valence-corrected chi connectivity index (χ3v) is 3.72. The van der Waals surface area contributed by atoms with Gasteiger partial charge >= 0.3 is 0 Å². The van der Waals surface area contributed by atoms with Crippen LogP contribution in [0.15, 0.2) is 28.8 Å². The molecule has 1 fully saturated rings. The summed E-state index contributed by atoms with van der Waals surface area (Å²) < 4.78 is 4.91. The number of carbonyl (C=O) groups is 1. The smallest absolute Gasteiger partial charge is 0.253 e. The molecular weight excluding hydrogens is 270 g/mol. The van der Waals surface area contributed by atoms with Crippen LogP contribution in [-0.2, 0) is 6.61 Å². The van der Waals surface area contributed by atoms with E-state index >= 15 is 0 Å². The Kier molecular flexibility index (Phi) is 3.70. The van der Waals surface area contributed by atoms with Crippen molar-refractivity contribution in [2.24, 2.45) is 0 Å². The minimum absolute atomic E-state index is 0.0343. The van der Waals surface area contributed by atoms with Crippen LogP contribution >= 0.6 is 0 Å². The largest absolute Gasteiger partial charge is 0.387 e. The van der Waals surface area contributed by atoms with E-state index in [-0.39, 0.29) is 24.3 Å². The maximum absolute atomic E-state index is 12.5. The van der Waals surface area contributed by atoms with Crippen LogP contribution in [0.2, 0.25) is 0 Å². The van der Waals surface area contributed by atoms with Crippen LogP contribution in [-0.4, -0.2) is 39.1 Å². The Morgan fingerprint density at radius 1 is 1.52 bits per heavy atom. The molecule has 110 valence electrons. The molecule has 1 aliphatic heterocycles. The van der Waals surface area contributed by atoms with Gasteiger partial charge in [-0.2, -0.15) is 4.98 Å². The maximum Gasteiger partial charge on any atom is 0.253 e. The van der Waals surface area contributed by atoms with Crippen LogP contribution in [0.3, 0.4) is 0 Å². The van der Waals surface area contributed by atoms with Gasteiger partial charge in [0.1, 0.15) is 6.61 Å². The van der Waals surface area contributed by atoms with E-state index in [1.165, 1.54) is 0 Å². The Morgan fingerprint density at radius 2 is 2.38 bits per heavy atom. The van der Waals surface area contributed by atoms with Crippen molar-refractivity contribution in [1.29, 1.82) is 0 Å². The SMILES string of the molecule is Cc1cccc(C(=O)N2CCC(c3noc(CO)n3)C2)c1. The molecular formula is C15H17N3O3. The summed E-state index contributed by atoms with van der Waals surface area (Å²) in [4.78, 5) is 18.4. The normalized spacial score (nSPS) is 18.2. The molecule has 1 atom stereocenters. The van der Waals surface area contributed by atoms with Gasteiger partial charge in [-0.15, -0.1) is 0 Å². The lowest BCUT2D eigenvalue weighted by atomic mass is 10.1. The summed E-state index contributed by atoms with van der Waals surface area (Å²) in [6.45, 7) is 2.97. The molecule has 1 unspecified atom stereocenters. The summed E-state index contributed by atoms with van der Waals surface area (Å²) in [6.07, 6.45) is 0.807. The number of carbonyl (C=O) groups excluding carboxylic acids is 1. The quantitative estimate of drug-likeness (QED) is 0.925. The first-order valence-corrected chi connectivity index (χ1v) is 6.96. The van der Waals surface area contributed by atoms with Gasteiger partial charge in [-0.05, 0) is 25.5 Å². The highest BCUT2D eigenvalue weighted by molar-refractivity contribution is 5.94. The Labute approximate surface area is 122 Å². The van der Waals surface area contributed by atoms with Gasteiger partial charge in [0.15, 0.2) is 5.82 Å². The van der Waals surface area contributed by atoms with E-state index in [0.717, 1.165) is 12.0 Å². The number of hydrogen-bond acceptors (Lipinski definition) is 5. The Hall–Kier alpha value is -2.21. The molecule has 3 rings (SSSR count). The summed E-state index contributed by atoms with van der Waals surface area (Å²) in [5, 5.41) is 12.8. The number of aromatic nitrogens is 2. The predicted octanol–water partition coefficient (Wildman–Crippen LogP) is 1.50. The van der Waals surface area contributed by atoms with Crippen molar-refractivity contribution in [3.63, 3.8) is 0 Å². The summed E-state index contributed by atoms with van der Waals surface area (Å²) in [6, 6.07) is 7.59. The molecule has 1 aromatic heterocycles. The molecule has 1 aromatic carbocycles. The fraction of sp³-hybridized carbons (Fsp3) is 0.400. The van der Waals surface area contributed by atoms with E-state index in [2.05, 4.69) is 10.1 Å². The Morgan fingerprint density at radius 3 is 3.10 bits per heavy atom. The molecule has 0 bridgehead atoms. The first kappa shape index (κ1) is 13.8. The second kappa shape index (κ2) is 5.65. The molecule has 1 amide bonds. The van der Waals surface area contributed by atoms with Crippen LogP contribution in [0.1, 0.15) is 40.0 Å². The number of amides is 1. The zero-order valence-corrected chi connectivity index (χ0v) is 11.8. The molecule has 2 aromatic rings. The zero-order chi connectivity index (χ0) is 14.8. The lowest BCUT2D eigenvalue weighted by molar-refractivity contribution is 0.0790.